The molecule has 4 heterocycles. The monoisotopic (exact) mass is 472 g/mol. The van der Waals surface area contributed by atoms with Crippen LogP contribution in [-0.2, 0) is 21.2 Å². The maximum absolute atomic E-state index is 13.4. The molecule has 5 rings (SSSR count). The third-order valence-corrected chi connectivity index (χ3v) is 9.35. The third kappa shape index (κ3) is 3.87. The van der Waals surface area contributed by atoms with Crippen molar-refractivity contribution in [3.8, 4) is 11.4 Å². The van der Waals surface area contributed by atoms with Crippen LogP contribution in [-0.4, -0.2) is 48.4 Å². The molecule has 1 aromatic carbocycles. The Kier molecular flexibility index (Phi) is 5.60. The molecule has 3 aromatic rings. The van der Waals surface area contributed by atoms with Crippen molar-refractivity contribution < 1.29 is 17.7 Å². The number of aryl methyl sites for hydroxylation is 2. The molecule has 2 aliphatic heterocycles. The molecule has 2 aliphatic rings. The Morgan fingerprint density at radius 2 is 2.06 bits per heavy atom. The predicted molar refractivity (Wildman–Crippen MR) is 121 cm³/mol. The van der Waals surface area contributed by atoms with Crippen LogP contribution in [0.1, 0.15) is 30.7 Å². The zero-order valence-corrected chi connectivity index (χ0v) is 19.4. The van der Waals surface area contributed by atoms with E-state index in [0.717, 1.165) is 29.9 Å². The summed E-state index contributed by atoms with van der Waals surface area (Å²) in [6.07, 6.45) is 3.24. The number of piperidine rings is 1. The van der Waals surface area contributed by atoms with Gasteiger partial charge in [-0.2, -0.15) is 9.29 Å². The molecule has 0 saturated carbocycles. The van der Waals surface area contributed by atoms with Gasteiger partial charge in [-0.05, 0) is 43.4 Å². The Balaban J connectivity index is 1.35. The number of rotatable bonds is 4. The fraction of sp³-hybridized carbons (Fsp3) is 0.409. The van der Waals surface area contributed by atoms with E-state index >= 15 is 0 Å². The summed E-state index contributed by atoms with van der Waals surface area (Å²) in [7, 11) is -3.71. The van der Waals surface area contributed by atoms with Crippen molar-refractivity contribution >= 4 is 33.0 Å². The molecule has 0 N–H and O–H groups in total. The molecule has 0 unspecified atom stereocenters. The highest BCUT2D eigenvalue weighted by Crippen LogP contribution is 2.33. The zero-order chi connectivity index (χ0) is 22.3. The first-order chi connectivity index (χ1) is 15.4. The average molecular weight is 473 g/mol. The smallest absolute Gasteiger partial charge is 0.252 e. The van der Waals surface area contributed by atoms with E-state index in [2.05, 4.69) is 16.2 Å². The lowest BCUT2D eigenvalue weighted by atomic mass is 9.95. The van der Waals surface area contributed by atoms with E-state index in [9.17, 15) is 13.2 Å². The second kappa shape index (κ2) is 8.42. The lowest BCUT2D eigenvalue weighted by Crippen LogP contribution is -2.47. The van der Waals surface area contributed by atoms with Gasteiger partial charge >= 0.3 is 0 Å². The quantitative estimate of drug-likeness (QED) is 0.577. The fourth-order valence-electron chi connectivity index (χ4n) is 4.46. The summed E-state index contributed by atoms with van der Waals surface area (Å²) >= 11 is 1.14. The summed E-state index contributed by atoms with van der Waals surface area (Å²) in [6.45, 7) is 2.98. The first kappa shape index (κ1) is 21.3. The molecule has 0 bridgehead atoms. The summed E-state index contributed by atoms with van der Waals surface area (Å²) in [6, 6.07) is 9.56. The van der Waals surface area contributed by atoms with E-state index < -0.39 is 10.0 Å². The number of amides is 1. The molecule has 1 atom stereocenters. The molecule has 8 nitrogen and oxygen atoms in total. The molecule has 1 saturated heterocycles. The first-order valence-electron chi connectivity index (χ1n) is 10.7. The van der Waals surface area contributed by atoms with E-state index in [1.807, 2.05) is 23.1 Å². The summed E-state index contributed by atoms with van der Waals surface area (Å²) in [5.74, 6) is 0.470. The number of sulfonamides is 1. The predicted octanol–water partition coefficient (Wildman–Crippen LogP) is 3.49. The Labute approximate surface area is 190 Å². The van der Waals surface area contributed by atoms with Gasteiger partial charge in [0.2, 0.25) is 17.6 Å². The Hall–Kier alpha value is -2.56. The molecule has 10 heteroatoms. The van der Waals surface area contributed by atoms with Crippen LogP contribution in [0.25, 0.3) is 11.4 Å². The number of nitrogens with zero attached hydrogens (tertiary/aromatic N) is 4. The van der Waals surface area contributed by atoms with Gasteiger partial charge < -0.3 is 9.42 Å². The van der Waals surface area contributed by atoms with E-state index in [4.69, 9.17) is 4.52 Å². The summed E-state index contributed by atoms with van der Waals surface area (Å²) in [5, 5.41) is 5.58. The molecule has 2 aromatic heterocycles. The van der Waals surface area contributed by atoms with Gasteiger partial charge in [0.25, 0.3) is 10.0 Å². The van der Waals surface area contributed by atoms with Crippen molar-refractivity contribution in [1.29, 1.82) is 0 Å². The van der Waals surface area contributed by atoms with Crippen LogP contribution in [0.4, 0.5) is 5.69 Å². The highest BCUT2D eigenvalue weighted by Gasteiger charge is 2.37. The van der Waals surface area contributed by atoms with Gasteiger partial charge in [0.15, 0.2) is 0 Å². The van der Waals surface area contributed by atoms with Gasteiger partial charge in [0.05, 0.1) is 5.92 Å². The van der Waals surface area contributed by atoms with E-state index in [1.54, 1.807) is 18.4 Å². The molecule has 0 radical (unpaired) electrons. The Morgan fingerprint density at radius 3 is 2.88 bits per heavy atom. The maximum Gasteiger partial charge on any atom is 0.252 e. The van der Waals surface area contributed by atoms with Crippen molar-refractivity contribution in [3.05, 3.63) is 47.2 Å². The minimum absolute atomic E-state index is 0.0196. The number of para-hydroxylation sites is 1. The van der Waals surface area contributed by atoms with Crippen molar-refractivity contribution in [3.63, 3.8) is 0 Å². The summed E-state index contributed by atoms with van der Waals surface area (Å²) in [4.78, 5) is 19.4. The molecular weight excluding hydrogens is 448 g/mol. The second-order valence-corrected chi connectivity index (χ2v) is 11.3. The van der Waals surface area contributed by atoms with Crippen LogP contribution in [0.3, 0.4) is 0 Å². The van der Waals surface area contributed by atoms with Gasteiger partial charge in [-0.3, -0.25) is 4.79 Å². The number of fused-ring (bicyclic) bond motifs is 1. The van der Waals surface area contributed by atoms with Crippen LogP contribution >= 0.6 is 11.3 Å². The summed E-state index contributed by atoms with van der Waals surface area (Å²) in [5.41, 5.74) is 2.75. The van der Waals surface area contributed by atoms with E-state index in [1.165, 1.54) is 9.87 Å². The van der Waals surface area contributed by atoms with Crippen molar-refractivity contribution in [2.45, 2.75) is 36.8 Å². The number of benzene rings is 1. The average Bonchev–Trinajstić information content (AvgIpc) is 3.48. The van der Waals surface area contributed by atoms with Gasteiger partial charge in [-0.1, -0.05) is 23.4 Å². The molecule has 168 valence electrons. The van der Waals surface area contributed by atoms with Crippen LogP contribution in [0.5, 0.6) is 0 Å². The fourth-order valence-corrected chi connectivity index (χ4v) is 7.29. The largest absolute Gasteiger partial charge is 0.339 e. The molecule has 0 aliphatic carbocycles. The standard InChI is InChI=1S/C22H24N4O4S2/c1-15-23-21(24-30-15)18-12-20(31-14-18)32(28,29)25-10-4-8-17(13-25)22(27)26-11-5-7-16-6-2-3-9-19(16)26/h2-3,6,9,12,14,17H,4-5,7-8,10-11,13H2,1H3/t17-/m0/s1. The lowest BCUT2D eigenvalue weighted by molar-refractivity contribution is -0.123. The number of anilines is 1. The maximum atomic E-state index is 13.4. The minimum atomic E-state index is -3.71. The van der Waals surface area contributed by atoms with Gasteiger partial charge in [-0.15, -0.1) is 11.3 Å². The molecule has 32 heavy (non-hydrogen) atoms. The highest BCUT2D eigenvalue weighted by atomic mass is 32.2. The van der Waals surface area contributed by atoms with E-state index in [0.29, 0.717) is 43.2 Å². The van der Waals surface area contributed by atoms with Gasteiger partial charge in [-0.25, -0.2) is 8.42 Å². The molecular formula is C22H24N4O4S2. The van der Waals surface area contributed by atoms with Crippen molar-refractivity contribution in [2.24, 2.45) is 5.92 Å². The Bertz CT molecular complexity index is 1250. The number of aromatic nitrogens is 2. The number of thiophene rings is 1. The second-order valence-electron chi connectivity index (χ2n) is 8.22. The van der Waals surface area contributed by atoms with Gasteiger partial charge in [0.1, 0.15) is 4.21 Å². The molecule has 0 spiro atoms. The first-order valence-corrected chi connectivity index (χ1v) is 13.0. The van der Waals surface area contributed by atoms with Crippen LogP contribution in [0.15, 0.2) is 44.4 Å². The molecule has 1 fully saturated rings. The van der Waals surface area contributed by atoms with E-state index in [-0.39, 0.29) is 22.6 Å². The normalized spacial score (nSPS) is 19.7. The third-order valence-electron chi connectivity index (χ3n) is 6.06. The SMILES string of the molecule is Cc1nc(-c2csc(S(=O)(=O)N3CCC[C@H](C(=O)N4CCCc5ccccc54)C3)c2)no1. The van der Waals surface area contributed by atoms with Crippen molar-refractivity contribution in [2.75, 3.05) is 24.5 Å². The minimum Gasteiger partial charge on any atom is -0.339 e. The van der Waals surface area contributed by atoms with Crippen LogP contribution in [0, 0.1) is 12.8 Å². The lowest BCUT2D eigenvalue weighted by Gasteiger charge is -2.36. The number of carbonyl (C=O) groups is 1. The van der Waals surface area contributed by atoms with Crippen molar-refractivity contribution in [1.82, 2.24) is 14.4 Å². The number of hydrogen-bond acceptors (Lipinski definition) is 7. The topological polar surface area (TPSA) is 96.6 Å². The summed E-state index contributed by atoms with van der Waals surface area (Å²) < 4.78 is 33.3. The van der Waals surface area contributed by atoms with Crippen LogP contribution < -0.4 is 4.90 Å². The number of carbonyl (C=O) groups excluding carboxylic acids is 1. The van der Waals surface area contributed by atoms with Gasteiger partial charge in [0, 0.05) is 43.2 Å². The number of hydrogen-bond donors (Lipinski definition) is 0. The Morgan fingerprint density at radius 1 is 1.22 bits per heavy atom. The molecule has 1 amide bonds. The highest BCUT2D eigenvalue weighted by molar-refractivity contribution is 7.91. The van der Waals surface area contributed by atoms with Crippen LogP contribution in [0.2, 0.25) is 0 Å². The zero-order valence-electron chi connectivity index (χ0n) is 17.7.